The largest absolute Gasteiger partial charge is 0.497 e. The molecule has 0 fully saturated rings. The molecule has 2 aromatic rings. The maximum Gasteiger partial charge on any atom is 0.244 e. The van der Waals surface area contributed by atoms with Gasteiger partial charge in [-0.15, -0.1) is 0 Å². The molecule has 20 heavy (non-hydrogen) atoms. The molecule has 0 bridgehead atoms. The van der Waals surface area contributed by atoms with Crippen LogP contribution in [0.3, 0.4) is 0 Å². The minimum Gasteiger partial charge on any atom is -0.497 e. The highest BCUT2D eigenvalue weighted by Gasteiger charge is 2.14. The molecule has 1 amide bonds. The standard InChI is InChI=1S/C14H18N4O2/c1-11(18-10-15-9-17-18)14(19)16-7-6-12-4-3-5-13(8-12)20-2/h3-5,8-11H,6-7H2,1-2H3,(H,16,19)/t11-/m1/s1. The Bertz CT molecular complexity index is 554. The van der Waals surface area contributed by atoms with Gasteiger partial charge in [0, 0.05) is 6.54 Å². The molecule has 0 aliphatic carbocycles. The molecule has 1 aromatic carbocycles. The van der Waals surface area contributed by atoms with Crippen molar-refractivity contribution in [2.75, 3.05) is 13.7 Å². The maximum atomic E-state index is 11.9. The molecule has 106 valence electrons. The van der Waals surface area contributed by atoms with Crippen LogP contribution in [0, 0.1) is 0 Å². The molecular weight excluding hydrogens is 256 g/mol. The van der Waals surface area contributed by atoms with Crippen molar-refractivity contribution in [3.63, 3.8) is 0 Å². The molecule has 1 N–H and O–H groups in total. The topological polar surface area (TPSA) is 69.0 Å². The van der Waals surface area contributed by atoms with E-state index >= 15 is 0 Å². The van der Waals surface area contributed by atoms with E-state index in [2.05, 4.69) is 15.4 Å². The number of carbonyl (C=O) groups is 1. The number of benzene rings is 1. The van der Waals surface area contributed by atoms with Gasteiger partial charge in [0.05, 0.1) is 7.11 Å². The summed E-state index contributed by atoms with van der Waals surface area (Å²) in [5.41, 5.74) is 1.12. The fraction of sp³-hybridized carbons (Fsp3) is 0.357. The second kappa shape index (κ2) is 6.70. The molecule has 6 nitrogen and oxygen atoms in total. The van der Waals surface area contributed by atoms with Crippen LogP contribution in [0.2, 0.25) is 0 Å². The SMILES string of the molecule is COc1cccc(CCNC(=O)[C@@H](C)n2cncn2)c1. The van der Waals surface area contributed by atoms with Gasteiger partial charge in [0.15, 0.2) is 0 Å². The molecular formula is C14H18N4O2. The number of nitrogens with zero attached hydrogens (tertiary/aromatic N) is 3. The third-order valence-electron chi connectivity index (χ3n) is 3.06. The highest BCUT2D eigenvalue weighted by molar-refractivity contribution is 5.79. The van der Waals surface area contributed by atoms with Crippen LogP contribution in [0.1, 0.15) is 18.5 Å². The van der Waals surface area contributed by atoms with E-state index in [1.165, 1.54) is 17.3 Å². The Morgan fingerprint density at radius 3 is 3.05 bits per heavy atom. The summed E-state index contributed by atoms with van der Waals surface area (Å²) < 4.78 is 6.69. The first-order valence-electron chi connectivity index (χ1n) is 6.45. The quantitative estimate of drug-likeness (QED) is 0.859. The molecule has 0 aliphatic rings. The Morgan fingerprint density at radius 2 is 2.35 bits per heavy atom. The summed E-state index contributed by atoms with van der Waals surface area (Å²) in [4.78, 5) is 15.8. The molecule has 1 aromatic heterocycles. The average molecular weight is 274 g/mol. The number of aromatic nitrogens is 3. The Kier molecular flexibility index (Phi) is 4.70. The first kappa shape index (κ1) is 14.0. The first-order chi connectivity index (χ1) is 9.70. The molecule has 1 heterocycles. The molecule has 0 saturated heterocycles. The Labute approximate surface area is 117 Å². The molecule has 0 aliphatic heterocycles. The van der Waals surface area contributed by atoms with Crippen LogP contribution < -0.4 is 10.1 Å². The van der Waals surface area contributed by atoms with Gasteiger partial charge in [-0.05, 0) is 31.0 Å². The lowest BCUT2D eigenvalue weighted by molar-refractivity contribution is -0.124. The number of methoxy groups -OCH3 is 1. The van der Waals surface area contributed by atoms with Crippen molar-refractivity contribution in [2.45, 2.75) is 19.4 Å². The molecule has 0 spiro atoms. The second-order valence-corrected chi connectivity index (χ2v) is 4.44. The van der Waals surface area contributed by atoms with E-state index in [0.717, 1.165) is 17.7 Å². The van der Waals surface area contributed by atoms with E-state index in [-0.39, 0.29) is 11.9 Å². The smallest absolute Gasteiger partial charge is 0.244 e. The number of nitrogens with one attached hydrogen (secondary N) is 1. The van der Waals surface area contributed by atoms with E-state index in [9.17, 15) is 4.79 Å². The van der Waals surface area contributed by atoms with Gasteiger partial charge in [0.2, 0.25) is 5.91 Å². The van der Waals surface area contributed by atoms with Gasteiger partial charge in [0.25, 0.3) is 0 Å². The zero-order valence-corrected chi connectivity index (χ0v) is 11.6. The van der Waals surface area contributed by atoms with Gasteiger partial charge in [0.1, 0.15) is 24.4 Å². The van der Waals surface area contributed by atoms with Crippen molar-refractivity contribution in [1.82, 2.24) is 20.1 Å². The zero-order chi connectivity index (χ0) is 14.4. The van der Waals surface area contributed by atoms with Crippen molar-refractivity contribution < 1.29 is 9.53 Å². The van der Waals surface area contributed by atoms with Gasteiger partial charge < -0.3 is 10.1 Å². The third kappa shape index (κ3) is 3.57. The normalized spacial score (nSPS) is 11.9. The van der Waals surface area contributed by atoms with E-state index in [0.29, 0.717) is 6.54 Å². The highest BCUT2D eigenvalue weighted by Crippen LogP contribution is 2.12. The van der Waals surface area contributed by atoms with Crippen molar-refractivity contribution in [1.29, 1.82) is 0 Å². The number of hydrogen-bond donors (Lipinski definition) is 1. The fourth-order valence-electron chi connectivity index (χ4n) is 1.84. The second-order valence-electron chi connectivity index (χ2n) is 4.44. The number of carbonyl (C=O) groups excluding carboxylic acids is 1. The van der Waals surface area contributed by atoms with Gasteiger partial charge in [-0.3, -0.25) is 4.79 Å². The summed E-state index contributed by atoms with van der Waals surface area (Å²) in [6.07, 6.45) is 3.71. The van der Waals surface area contributed by atoms with Gasteiger partial charge in [-0.25, -0.2) is 9.67 Å². The molecule has 0 saturated carbocycles. The van der Waals surface area contributed by atoms with Crippen LogP contribution in [0.25, 0.3) is 0 Å². The molecule has 1 atom stereocenters. The minimum absolute atomic E-state index is 0.0709. The molecule has 2 rings (SSSR count). The van der Waals surface area contributed by atoms with Gasteiger partial charge in [-0.2, -0.15) is 5.10 Å². The highest BCUT2D eigenvalue weighted by atomic mass is 16.5. The fourth-order valence-corrected chi connectivity index (χ4v) is 1.84. The summed E-state index contributed by atoms with van der Waals surface area (Å²) in [6.45, 7) is 2.36. The van der Waals surface area contributed by atoms with Gasteiger partial charge in [-0.1, -0.05) is 12.1 Å². The number of hydrogen-bond acceptors (Lipinski definition) is 4. The summed E-state index contributed by atoms with van der Waals surface area (Å²) in [5.74, 6) is 0.753. The van der Waals surface area contributed by atoms with E-state index in [1.807, 2.05) is 24.3 Å². The first-order valence-corrected chi connectivity index (χ1v) is 6.45. The van der Waals surface area contributed by atoms with Crippen LogP contribution in [0.4, 0.5) is 0 Å². The van der Waals surface area contributed by atoms with Crippen LogP contribution in [0.15, 0.2) is 36.9 Å². The zero-order valence-electron chi connectivity index (χ0n) is 11.6. The van der Waals surface area contributed by atoms with Crippen LogP contribution in [-0.4, -0.2) is 34.3 Å². The lowest BCUT2D eigenvalue weighted by atomic mass is 10.1. The summed E-state index contributed by atoms with van der Waals surface area (Å²) >= 11 is 0. The van der Waals surface area contributed by atoms with Crippen LogP contribution in [0.5, 0.6) is 5.75 Å². The van der Waals surface area contributed by atoms with Crippen LogP contribution in [-0.2, 0) is 11.2 Å². The summed E-state index contributed by atoms with van der Waals surface area (Å²) in [6, 6.07) is 7.45. The van der Waals surface area contributed by atoms with Crippen LogP contribution >= 0.6 is 0 Å². The Balaban J connectivity index is 1.82. The number of amides is 1. The summed E-state index contributed by atoms with van der Waals surface area (Å²) in [7, 11) is 1.64. The number of ether oxygens (including phenoxy) is 1. The Hall–Kier alpha value is -2.37. The lowest BCUT2D eigenvalue weighted by Crippen LogP contribution is -2.32. The predicted octanol–water partition coefficient (Wildman–Crippen LogP) is 1.21. The summed E-state index contributed by atoms with van der Waals surface area (Å²) in [5, 5.41) is 6.84. The van der Waals surface area contributed by atoms with Gasteiger partial charge >= 0.3 is 0 Å². The third-order valence-corrected chi connectivity index (χ3v) is 3.06. The number of rotatable bonds is 6. The molecule has 0 unspecified atom stereocenters. The van der Waals surface area contributed by atoms with Crippen molar-refractivity contribution in [3.05, 3.63) is 42.5 Å². The predicted molar refractivity (Wildman–Crippen MR) is 74.4 cm³/mol. The minimum atomic E-state index is -0.359. The molecule has 0 radical (unpaired) electrons. The average Bonchev–Trinajstić information content (AvgIpc) is 3.00. The lowest BCUT2D eigenvalue weighted by Gasteiger charge is -2.12. The Morgan fingerprint density at radius 1 is 1.50 bits per heavy atom. The molecule has 6 heteroatoms. The van der Waals surface area contributed by atoms with Crippen molar-refractivity contribution in [3.8, 4) is 5.75 Å². The monoisotopic (exact) mass is 274 g/mol. The van der Waals surface area contributed by atoms with E-state index in [1.54, 1.807) is 14.0 Å². The van der Waals surface area contributed by atoms with E-state index < -0.39 is 0 Å². The van der Waals surface area contributed by atoms with E-state index in [4.69, 9.17) is 4.74 Å². The van der Waals surface area contributed by atoms with Crippen molar-refractivity contribution >= 4 is 5.91 Å². The maximum absolute atomic E-state index is 11.9. The van der Waals surface area contributed by atoms with Crippen molar-refractivity contribution in [2.24, 2.45) is 0 Å².